The van der Waals surface area contributed by atoms with Crippen molar-refractivity contribution in [1.29, 1.82) is 0 Å². The minimum Gasteiger partial charge on any atom is -0.481 e. The van der Waals surface area contributed by atoms with Gasteiger partial charge in [0.1, 0.15) is 0 Å². The number of Topliss-reactive ketones (excluding diaryl/α,β-unsaturated/α-hetero) is 4. The molecule has 0 radical (unpaired) electrons. The van der Waals surface area contributed by atoms with E-state index >= 15 is 0 Å². The first kappa shape index (κ1) is 29.2. The molecule has 0 saturated heterocycles. The average molecular weight is 332 g/mol. The Bertz CT molecular complexity index is 375. The minimum atomic E-state index is -0.741. The van der Waals surface area contributed by atoms with Crippen LogP contribution in [-0.4, -0.2) is 34.2 Å². The first-order valence-electron chi connectivity index (χ1n) is 7.07. The molecular weight excluding hydrogens is 300 g/mol. The lowest BCUT2D eigenvalue weighted by Gasteiger charge is -1.95. The summed E-state index contributed by atoms with van der Waals surface area (Å²) in [5, 5.41) is 7.99. The summed E-state index contributed by atoms with van der Waals surface area (Å²) >= 11 is 0. The maximum atomic E-state index is 10.5. The first-order valence-corrected chi connectivity index (χ1v) is 7.07. The van der Waals surface area contributed by atoms with Crippen LogP contribution in [-0.2, 0) is 24.0 Å². The Hall–Kier alpha value is -1.85. The van der Waals surface area contributed by atoms with E-state index in [-0.39, 0.29) is 48.3 Å². The molecular formula is C17H32O6. The molecule has 6 nitrogen and oxygen atoms in total. The zero-order valence-corrected chi connectivity index (χ0v) is 14.7. The monoisotopic (exact) mass is 332 g/mol. The summed E-state index contributed by atoms with van der Waals surface area (Å²) in [7, 11) is 0. The van der Waals surface area contributed by atoms with Gasteiger partial charge in [-0.15, -0.1) is 0 Å². The number of carboxylic acid groups (broad SMARTS) is 1. The molecule has 23 heavy (non-hydrogen) atoms. The molecule has 0 aromatic rings. The van der Waals surface area contributed by atoms with Crippen LogP contribution < -0.4 is 0 Å². The van der Waals surface area contributed by atoms with Gasteiger partial charge in [0, 0.05) is 25.7 Å². The average Bonchev–Trinajstić information content (AvgIpc) is 2.37. The molecule has 0 rings (SSSR count). The highest BCUT2D eigenvalue weighted by Crippen LogP contribution is 1.94. The number of carbonyl (C=O) groups excluding carboxylic acids is 4. The van der Waals surface area contributed by atoms with Crippen LogP contribution >= 0.6 is 0 Å². The van der Waals surface area contributed by atoms with Gasteiger partial charge in [-0.3, -0.25) is 24.0 Å². The van der Waals surface area contributed by atoms with Gasteiger partial charge in [-0.2, -0.15) is 0 Å². The number of carboxylic acids is 1. The number of ketones is 4. The zero-order chi connectivity index (χ0) is 18.6. The molecule has 0 aliphatic rings. The molecule has 0 atom stereocenters. The molecule has 136 valence electrons. The van der Waals surface area contributed by atoms with Crippen molar-refractivity contribution in [2.75, 3.05) is 0 Å². The summed E-state index contributed by atoms with van der Waals surface area (Å²) < 4.78 is 0. The molecule has 0 spiro atoms. The van der Waals surface area contributed by atoms with Crippen molar-refractivity contribution in [3.63, 3.8) is 0 Å². The van der Waals surface area contributed by atoms with Gasteiger partial charge in [0.15, 0.2) is 11.6 Å². The number of aliphatic carboxylic acids is 1. The van der Waals surface area contributed by atoms with Crippen LogP contribution in [0, 0.1) is 17.8 Å². The van der Waals surface area contributed by atoms with Crippen LogP contribution in [0.15, 0.2) is 0 Å². The third kappa shape index (κ3) is 20.1. The van der Waals surface area contributed by atoms with E-state index in [0.29, 0.717) is 0 Å². The van der Waals surface area contributed by atoms with Crippen molar-refractivity contribution >= 4 is 29.1 Å². The Labute approximate surface area is 139 Å². The van der Waals surface area contributed by atoms with E-state index in [2.05, 4.69) is 0 Å². The van der Waals surface area contributed by atoms with Gasteiger partial charge in [-0.1, -0.05) is 49.0 Å². The van der Waals surface area contributed by atoms with Crippen LogP contribution in [0.25, 0.3) is 0 Å². The topological polar surface area (TPSA) is 106 Å². The van der Waals surface area contributed by atoms with Crippen molar-refractivity contribution in [3.8, 4) is 0 Å². The van der Waals surface area contributed by atoms with Gasteiger partial charge in [0.2, 0.25) is 11.6 Å². The number of carbonyl (C=O) groups is 5. The van der Waals surface area contributed by atoms with Crippen LogP contribution in [0.1, 0.15) is 62.8 Å². The number of rotatable bonds is 5. The molecule has 0 saturated carbocycles. The molecule has 0 bridgehead atoms. The fourth-order valence-corrected chi connectivity index (χ4v) is 0.813. The quantitative estimate of drug-likeness (QED) is 0.776. The summed E-state index contributed by atoms with van der Waals surface area (Å²) in [6.07, 6.45) is 0. The van der Waals surface area contributed by atoms with Crippen molar-refractivity contribution in [1.82, 2.24) is 0 Å². The van der Waals surface area contributed by atoms with Gasteiger partial charge in [-0.25, -0.2) is 0 Å². The summed E-state index contributed by atoms with van der Waals surface area (Å²) in [4.78, 5) is 51.2. The van der Waals surface area contributed by atoms with Gasteiger partial charge < -0.3 is 5.11 Å². The summed E-state index contributed by atoms with van der Waals surface area (Å²) in [5.74, 6) is -2.53. The molecule has 1 N–H and O–H groups in total. The second-order valence-electron chi connectivity index (χ2n) is 5.64. The van der Waals surface area contributed by atoms with Crippen LogP contribution in [0.3, 0.4) is 0 Å². The minimum absolute atomic E-state index is 0. The molecule has 6 heteroatoms. The van der Waals surface area contributed by atoms with E-state index in [0.717, 1.165) is 0 Å². The van der Waals surface area contributed by atoms with Gasteiger partial charge in [0.25, 0.3) is 0 Å². The third-order valence-electron chi connectivity index (χ3n) is 2.24. The molecule has 0 aromatic carbocycles. The maximum Gasteiger partial charge on any atom is 0.305 e. The number of hydrogen-bond donors (Lipinski definition) is 1. The van der Waals surface area contributed by atoms with Crippen molar-refractivity contribution in [3.05, 3.63) is 0 Å². The van der Waals surface area contributed by atoms with Crippen molar-refractivity contribution < 1.29 is 29.1 Å². The Balaban J connectivity index is -0.000000117. The van der Waals surface area contributed by atoms with Crippen LogP contribution in [0.2, 0.25) is 0 Å². The Kier molecular flexibility index (Phi) is 19.1. The standard InChI is InChI=1S/2C6H10O2.C4H8O2.CH4/c2*1-4(2)6(8)5(3)7;1-3(2)4(5)6;/h2*4H,1-3H3;3H,1-2H3,(H,5,6);1H4. The van der Waals surface area contributed by atoms with E-state index in [1.165, 1.54) is 13.8 Å². The lowest BCUT2D eigenvalue weighted by atomic mass is 10.1. The second kappa shape index (κ2) is 15.1. The molecule has 0 aliphatic carbocycles. The summed E-state index contributed by atoms with van der Waals surface area (Å²) in [5.41, 5.74) is 0. The fraction of sp³-hybridized carbons (Fsp3) is 0.706. The molecule has 0 aromatic heterocycles. The highest BCUT2D eigenvalue weighted by Gasteiger charge is 2.11. The predicted molar refractivity (Wildman–Crippen MR) is 90.3 cm³/mol. The highest BCUT2D eigenvalue weighted by molar-refractivity contribution is 6.37. The van der Waals surface area contributed by atoms with Gasteiger partial charge in [0.05, 0.1) is 5.92 Å². The second-order valence-corrected chi connectivity index (χ2v) is 5.64. The van der Waals surface area contributed by atoms with Gasteiger partial charge >= 0.3 is 5.97 Å². The first-order chi connectivity index (χ1) is 9.75. The van der Waals surface area contributed by atoms with Crippen molar-refractivity contribution in [2.45, 2.75) is 62.8 Å². The SMILES string of the molecule is C.CC(=O)C(=O)C(C)C.CC(=O)C(=O)C(C)C.CC(C)C(=O)O. The fourth-order valence-electron chi connectivity index (χ4n) is 0.813. The van der Waals surface area contributed by atoms with E-state index in [1.807, 2.05) is 0 Å². The molecule has 0 fully saturated rings. The maximum absolute atomic E-state index is 10.5. The predicted octanol–water partition coefficient (Wildman–Crippen LogP) is 2.96. The molecule has 0 unspecified atom stereocenters. The number of hydrogen-bond acceptors (Lipinski definition) is 5. The summed E-state index contributed by atoms with van der Waals surface area (Å²) in [6.45, 7) is 12.7. The summed E-state index contributed by atoms with van der Waals surface area (Å²) in [6, 6.07) is 0. The van der Waals surface area contributed by atoms with E-state index in [9.17, 15) is 24.0 Å². The van der Waals surface area contributed by atoms with E-state index < -0.39 is 5.97 Å². The molecule has 0 heterocycles. The molecule has 0 amide bonds. The highest BCUT2D eigenvalue weighted by atomic mass is 16.4. The smallest absolute Gasteiger partial charge is 0.305 e. The Morgan fingerprint density at radius 2 is 0.783 bits per heavy atom. The Morgan fingerprint density at radius 1 is 0.609 bits per heavy atom. The normalized spacial score (nSPS) is 9.00. The Morgan fingerprint density at radius 3 is 0.783 bits per heavy atom. The third-order valence-corrected chi connectivity index (χ3v) is 2.24. The zero-order valence-electron chi connectivity index (χ0n) is 14.7. The largest absolute Gasteiger partial charge is 0.481 e. The lowest BCUT2D eigenvalue weighted by Crippen LogP contribution is -2.15. The van der Waals surface area contributed by atoms with Gasteiger partial charge in [-0.05, 0) is 0 Å². The van der Waals surface area contributed by atoms with Crippen LogP contribution in [0.5, 0.6) is 0 Å². The van der Waals surface area contributed by atoms with E-state index in [1.54, 1.807) is 41.5 Å². The lowest BCUT2D eigenvalue weighted by molar-refractivity contribution is -0.140. The van der Waals surface area contributed by atoms with E-state index in [4.69, 9.17) is 5.11 Å². The molecule has 0 aliphatic heterocycles. The van der Waals surface area contributed by atoms with Crippen molar-refractivity contribution in [2.24, 2.45) is 17.8 Å². The van der Waals surface area contributed by atoms with Crippen LogP contribution in [0.4, 0.5) is 0 Å².